The molecular formula is C44H31N. The predicted molar refractivity (Wildman–Crippen MR) is 193 cm³/mol. The minimum atomic E-state index is -0.424. The molecule has 8 aromatic carbocycles. The minimum absolute atomic E-state index is 0.166. The monoisotopic (exact) mass is 583 g/mol. The highest BCUT2D eigenvalue weighted by Gasteiger charge is 2.10. The van der Waals surface area contributed by atoms with E-state index in [1.54, 1.807) is 0 Å². The summed E-state index contributed by atoms with van der Waals surface area (Å²) in [5, 5.41) is 6.80. The first-order valence-electron chi connectivity index (χ1n) is 19.6. The summed E-state index contributed by atoms with van der Waals surface area (Å²) in [7, 11) is 0. The third-order valence-corrected chi connectivity index (χ3v) is 7.99. The van der Waals surface area contributed by atoms with Crippen molar-refractivity contribution in [3.63, 3.8) is 0 Å². The fourth-order valence-electron chi connectivity index (χ4n) is 5.80. The van der Waals surface area contributed by atoms with Crippen LogP contribution in [0, 0.1) is 0 Å². The van der Waals surface area contributed by atoms with Gasteiger partial charge in [0.05, 0.1) is 13.7 Å². The van der Waals surface area contributed by atoms with E-state index >= 15 is 0 Å². The van der Waals surface area contributed by atoms with Gasteiger partial charge < -0.3 is 5.32 Å². The van der Waals surface area contributed by atoms with Crippen LogP contribution in [0.25, 0.3) is 66.1 Å². The van der Waals surface area contributed by atoms with Crippen LogP contribution in [-0.4, -0.2) is 0 Å². The van der Waals surface area contributed by atoms with Crippen molar-refractivity contribution in [1.29, 1.82) is 0 Å². The van der Waals surface area contributed by atoms with Crippen molar-refractivity contribution in [3.8, 4) is 44.5 Å². The van der Waals surface area contributed by atoms with Crippen molar-refractivity contribution in [3.05, 3.63) is 182 Å². The Balaban J connectivity index is 1.10. The Labute approximate surface area is 278 Å². The standard InChI is InChI=1S/C44H31N/c1-3-11-33(12-4-1)43-29-37(27-35-15-7-9-17-41(35)43)31-19-23-39(24-20-31)45-40-25-21-32(22-26-40)38-28-36-16-8-10-18-42(36)44(30-38)34-13-5-2-6-14-34/h1-30,45H/i1D,2D,3D,4D,5D,6D,11D,12D,13D,14D. The lowest BCUT2D eigenvalue weighted by molar-refractivity contribution is 1.54. The lowest BCUT2D eigenvalue weighted by atomic mass is 9.93. The number of benzene rings is 8. The second-order valence-corrected chi connectivity index (χ2v) is 10.8. The van der Waals surface area contributed by atoms with Gasteiger partial charge in [0.15, 0.2) is 0 Å². The van der Waals surface area contributed by atoms with Gasteiger partial charge in [0.25, 0.3) is 0 Å². The largest absolute Gasteiger partial charge is 0.356 e. The maximum absolute atomic E-state index is 8.62. The van der Waals surface area contributed by atoms with Crippen LogP contribution >= 0.6 is 0 Å². The van der Waals surface area contributed by atoms with E-state index < -0.39 is 12.1 Å². The highest BCUT2D eigenvalue weighted by molar-refractivity contribution is 6.01. The first kappa shape index (κ1) is 18.0. The molecule has 8 aromatic rings. The highest BCUT2D eigenvalue weighted by atomic mass is 14.9. The summed E-state index contributed by atoms with van der Waals surface area (Å²) < 4.78 is 83.6. The molecule has 0 aromatic heterocycles. The summed E-state index contributed by atoms with van der Waals surface area (Å²) in [4.78, 5) is 0. The van der Waals surface area contributed by atoms with Gasteiger partial charge >= 0.3 is 0 Å². The van der Waals surface area contributed by atoms with Crippen molar-refractivity contribution in [2.24, 2.45) is 0 Å². The van der Waals surface area contributed by atoms with Gasteiger partial charge in [0.2, 0.25) is 0 Å². The molecule has 1 heteroatoms. The quantitative estimate of drug-likeness (QED) is 0.205. The molecule has 0 heterocycles. The average Bonchev–Trinajstić information content (AvgIpc) is 3.21. The van der Waals surface area contributed by atoms with Crippen LogP contribution in [0.2, 0.25) is 0 Å². The van der Waals surface area contributed by atoms with Gasteiger partial charge in [0.1, 0.15) is 0 Å². The normalized spacial score (nSPS) is 14.2. The molecule has 0 spiro atoms. The first-order chi connectivity index (χ1) is 26.4. The molecule has 0 aliphatic rings. The molecule has 0 amide bonds. The molecule has 0 unspecified atom stereocenters. The molecule has 0 radical (unpaired) electrons. The average molecular weight is 584 g/mol. The molecular weight excluding hydrogens is 542 g/mol. The van der Waals surface area contributed by atoms with Crippen LogP contribution in [0.3, 0.4) is 0 Å². The Morgan fingerprint density at radius 1 is 0.356 bits per heavy atom. The number of hydrogen-bond acceptors (Lipinski definition) is 1. The van der Waals surface area contributed by atoms with Crippen molar-refractivity contribution in [2.45, 2.75) is 0 Å². The molecule has 0 aliphatic carbocycles. The number of rotatable bonds is 6. The van der Waals surface area contributed by atoms with Gasteiger partial charge in [0, 0.05) is 11.4 Å². The van der Waals surface area contributed by atoms with E-state index in [0.29, 0.717) is 11.1 Å². The van der Waals surface area contributed by atoms with Crippen molar-refractivity contribution in [1.82, 2.24) is 0 Å². The second kappa shape index (κ2) is 11.6. The molecule has 0 bridgehead atoms. The molecule has 0 saturated carbocycles. The van der Waals surface area contributed by atoms with Gasteiger partial charge in [-0.15, -0.1) is 0 Å². The summed E-state index contributed by atoms with van der Waals surface area (Å²) in [6.45, 7) is 0. The maximum Gasteiger partial charge on any atom is 0.0629 e. The van der Waals surface area contributed by atoms with E-state index in [4.69, 9.17) is 13.7 Å². The smallest absolute Gasteiger partial charge is 0.0629 e. The van der Waals surface area contributed by atoms with Gasteiger partial charge in [-0.25, -0.2) is 0 Å². The fraction of sp³-hybridized carbons (Fsp3) is 0. The molecule has 8 rings (SSSR count). The van der Waals surface area contributed by atoms with E-state index in [1.807, 2.05) is 121 Å². The molecule has 0 atom stereocenters. The number of hydrogen-bond donors (Lipinski definition) is 1. The van der Waals surface area contributed by atoms with Crippen LogP contribution in [0.1, 0.15) is 13.7 Å². The fourth-order valence-corrected chi connectivity index (χ4v) is 5.80. The van der Waals surface area contributed by atoms with Crippen molar-refractivity contribution in [2.75, 3.05) is 5.32 Å². The molecule has 0 saturated heterocycles. The summed E-state index contributed by atoms with van der Waals surface area (Å²) in [5.41, 5.74) is 6.63. The minimum Gasteiger partial charge on any atom is -0.356 e. The van der Waals surface area contributed by atoms with E-state index in [1.165, 1.54) is 0 Å². The Kier molecular flexibility index (Phi) is 4.66. The van der Waals surface area contributed by atoms with Gasteiger partial charge in [-0.3, -0.25) is 0 Å². The molecule has 212 valence electrons. The van der Waals surface area contributed by atoms with Crippen LogP contribution in [0.4, 0.5) is 11.4 Å². The summed E-state index contributed by atoms with van der Waals surface area (Å²) in [5.74, 6) is 0. The van der Waals surface area contributed by atoms with Gasteiger partial charge in [-0.2, -0.15) is 0 Å². The Hall–Kier alpha value is -5.92. The van der Waals surface area contributed by atoms with E-state index in [9.17, 15) is 0 Å². The van der Waals surface area contributed by atoms with Crippen LogP contribution in [-0.2, 0) is 0 Å². The third kappa shape index (κ3) is 5.37. The zero-order valence-electron chi connectivity index (χ0n) is 34.0. The third-order valence-electron chi connectivity index (χ3n) is 7.99. The summed E-state index contributed by atoms with van der Waals surface area (Å²) in [6.07, 6.45) is 0. The number of nitrogens with one attached hydrogen (secondary N) is 1. The Morgan fingerprint density at radius 2 is 0.756 bits per heavy atom. The SMILES string of the molecule is [2H]c1c([2H])c([2H])c(-c2cc(-c3ccc(Nc4ccc(-c5cc(-c6c([2H])c([2H])c([2H])c([2H])c6[2H])c6ccccc6c5)cc4)cc3)cc3ccccc23)c([2H])c1[2H]. The number of fused-ring (bicyclic) bond motifs is 2. The van der Waals surface area contributed by atoms with E-state index in [2.05, 4.69) is 5.32 Å². The van der Waals surface area contributed by atoms with Crippen LogP contribution in [0.15, 0.2) is 182 Å². The highest BCUT2D eigenvalue weighted by Crippen LogP contribution is 2.36. The van der Waals surface area contributed by atoms with E-state index in [0.717, 1.165) is 55.2 Å². The zero-order valence-corrected chi connectivity index (χ0v) is 24.0. The molecule has 1 N–H and O–H groups in total. The van der Waals surface area contributed by atoms with Crippen LogP contribution in [0.5, 0.6) is 0 Å². The zero-order chi connectivity index (χ0) is 38.7. The van der Waals surface area contributed by atoms with Gasteiger partial charge in [-0.1, -0.05) is 133 Å². The lowest BCUT2D eigenvalue weighted by Crippen LogP contribution is -1.91. The lowest BCUT2D eigenvalue weighted by Gasteiger charge is -2.13. The summed E-state index contributed by atoms with van der Waals surface area (Å²) >= 11 is 0. The molecule has 0 fully saturated rings. The topological polar surface area (TPSA) is 12.0 Å². The summed E-state index contributed by atoms with van der Waals surface area (Å²) in [6, 6.07) is 35.5. The number of anilines is 2. The maximum atomic E-state index is 8.62. The molecule has 0 aliphatic heterocycles. The second-order valence-electron chi connectivity index (χ2n) is 10.8. The van der Waals surface area contributed by atoms with E-state index in [-0.39, 0.29) is 59.5 Å². The first-order valence-corrected chi connectivity index (χ1v) is 14.6. The van der Waals surface area contributed by atoms with Crippen LogP contribution < -0.4 is 5.32 Å². The Morgan fingerprint density at radius 3 is 1.18 bits per heavy atom. The Bertz CT molecular complexity index is 2580. The van der Waals surface area contributed by atoms with Gasteiger partial charge in [-0.05, 0) is 115 Å². The molecule has 45 heavy (non-hydrogen) atoms. The van der Waals surface area contributed by atoms with Crippen molar-refractivity contribution >= 4 is 32.9 Å². The van der Waals surface area contributed by atoms with Crippen molar-refractivity contribution < 1.29 is 13.7 Å². The predicted octanol–water partition coefficient (Wildman–Crippen LogP) is 12.4. The molecule has 1 nitrogen and oxygen atoms in total.